The van der Waals surface area contributed by atoms with Crippen LogP contribution in [-0.2, 0) is 6.42 Å². The van der Waals surface area contributed by atoms with E-state index in [0.717, 1.165) is 11.4 Å². The monoisotopic (exact) mass is 286 g/mol. The minimum absolute atomic E-state index is 0.371. The molecule has 0 saturated carbocycles. The van der Waals surface area contributed by atoms with Crippen LogP contribution in [0.4, 0.5) is 5.69 Å². The van der Waals surface area contributed by atoms with Crippen LogP contribution in [0.3, 0.4) is 0 Å². The second-order valence-corrected chi connectivity index (χ2v) is 5.80. The van der Waals surface area contributed by atoms with Crippen molar-refractivity contribution in [3.05, 3.63) is 58.4 Å². The van der Waals surface area contributed by atoms with Crippen molar-refractivity contribution in [2.45, 2.75) is 38.6 Å². The van der Waals surface area contributed by atoms with Crippen LogP contribution in [0.15, 0.2) is 36.4 Å². The number of aromatic nitrogens is 1. The van der Waals surface area contributed by atoms with Crippen LogP contribution in [0.25, 0.3) is 0 Å². The fraction of sp³-hybridized carbons (Fsp3) is 0.353. The van der Waals surface area contributed by atoms with Crippen LogP contribution in [0.1, 0.15) is 42.1 Å². The molecule has 3 rings (SSSR count). The molecule has 2 nitrogen and oxygen atoms in total. The minimum atomic E-state index is 0.371. The second-order valence-electron chi connectivity index (χ2n) is 5.41. The van der Waals surface area contributed by atoms with E-state index in [-0.39, 0.29) is 0 Å². The number of pyridine rings is 1. The van der Waals surface area contributed by atoms with Gasteiger partial charge in [-0.05, 0) is 49.4 Å². The van der Waals surface area contributed by atoms with E-state index in [4.69, 9.17) is 11.6 Å². The number of benzene rings is 1. The molecule has 2 aromatic rings. The molecule has 20 heavy (non-hydrogen) atoms. The van der Waals surface area contributed by atoms with Gasteiger partial charge >= 0.3 is 0 Å². The molecule has 1 aliphatic carbocycles. The molecular formula is C17H19ClN2. The Morgan fingerprint density at radius 3 is 2.85 bits per heavy atom. The lowest BCUT2D eigenvalue weighted by molar-refractivity contribution is 0.643. The molecular weight excluding hydrogens is 268 g/mol. The molecule has 0 spiro atoms. The summed E-state index contributed by atoms with van der Waals surface area (Å²) in [4.78, 5) is 4.32. The van der Waals surface area contributed by atoms with Crippen LogP contribution in [-0.4, -0.2) is 4.98 Å². The van der Waals surface area contributed by atoms with Gasteiger partial charge in [-0.2, -0.15) is 0 Å². The van der Waals surface area contributed by atoms with Gasteiger partial charge in [-0.1, -0.05) is 42.3 Å². The number of hydrogen-bond acceptors (Lipinski definition) is 2. The Balaban J connectivity index is 1.90. The lowest BCUT2D eigenvalue weighted by Crippen LogP contribution is -2.12. The van der Waals surface area contributed by atoms with Crippen molar-refractivity contribution < 1.29 is 0 Å². The molecule has 0 bridgehead atoms. The Morgan fingerprint density at radius 2 is 2.00 bits per heavy atom. The molecule has 3 heteroatoms. The quantitative estimate of drug-likeness (QED) is 0.626. The molecule has 0 amide bonds. The van der Waals surface area contributed by atoms with E-state index in [9.17, 15) is 0 Å². The highest BCUT2D eigenvalue weighted by atomic mass is 35.5. The van der Waals surface area contributed by atoms with Crippen LogP contribution >= 0.6 is 11.6 Å². The predicted octanol–water partition coefficient (Wildman–Crippen LogP) is 4.92. The molecule has 0 fully saturated rings. The lowest BCUT2D eigenvalue weighted by atomic mass is 9.99. The summed E-state index contributed by atoms with van der Waals surface area (Å²) < 4.78 is 0. The number of nitrogens with zero attached hydrogens (tertiary/aromatic N) is 1. The molecule has 1 atom stereocenters. The molecule has 104 valence electrons. The fourth-order valence-corrected chi connectivity index (χ4v) is 3.13. The van der Waals surface area contributed by atoms with Crippen LogP contribution in [0.5, 0.6) is 0 Å². The van der Waals surface area contributed by atoms with E-state index >= 15 is 0 Å². The Bertz CT molecular complexity index is 610. The summed E-state index contributed by atoms with van der Waals surface area (Å²) in [5.41, 5.74) is 4.94. The average Bonchev–Trinajstić information content (AvgIpc) is 2.65. The van der Waals surface area contributed by atoms with E-state index in [1.54, 1.807) is 0 Å². The maximum absolute atomic E-state index is 5.93. The number of anilines is 1. The normalized spacial score (nSPS) is 18.2. The van der Waals surface area contributed by atoms with Gasteiger partial charge in [-0.15, -0.1) is 0 Å². The van der Waals surface area contributed by atoms with E-state index in [1.807, 2.05) is 19.1 Å². The third kappa shape index (κ3) is 2.80. The first-order chi connectivity index (χ1) is 9.74. The van der Waals surface area contributed by atoms with Gasteiger partial charge in [0.05, 0.1) is 17.4 Å². The van der Waals surface area contributed by atoms with E-state index in [1.165, 1.54) is 36.8 Å². The number of aryl methyl sites for hydroxylation is 2. The standard InChI is InChI=1S/C17H19ClN2/c1-12-15(10-11-17(18)19-12)20-16-9-5-3-7-13-6-2-4-8-14(13)16/h2,4,6,8,10-11,16,20H,3,5,7,9H2,1H3. The maximum atomic E-state index is 5.93. The summed E-state index contributed by atoms with van der Waals surface area (Å²) >= 11 is 5.93. The predicted molar refractivity (Wildman–Crippen MR) is 84.3 cm³/mol. The van der Waals surface area contributed by atoms with Crippen LogP contribution < -0.4 is 5.32 Å². The van der Waals surface area contributed by atoms with Gasteiger partial charge in [0.1, 0.15) is 5.15 Å². The third-order valence-corrected chi connectivity index (χ3v) is 4.21. The molecule has 0 saturated heterocycles. The van der Waals surface area contributed by atoms with Crippen molar-refractivity contribution in [3.63, 3.8) is 0 Å². The molecule has 1 heterocycles. The molecule has 0 radical (unpaired) electrons. The van der Waals surface area contributed by atoms with Crippen molar-refractivity contribution in [2.24, 2.45) is 0 Å². The number of fused-ring (bicyclic) bond motifs is 1. The first-order valence-corrected chi connectivity index (χ1v) is 7.59. The number of rotatable bonds is 2. The zero-order valence-electron chi connectivity index (χ0n) is 11.7. The highest BCUT2D eigenvalue weighted by Crippen LogP contribution is 2.32. The molecule has 1 aliphatic rings. The van der Waals surface area contributed by atoms with Gasteiger partial charge in [0, 0.05) is 0 Å². The van der Waals surface area contributed by atoms with Crippen molar-refractivity contribution in [2.75, 3.05) is 5.32 Å². The van der Waals surface area contributed by atoms with Crippen molar-refractivity contribution in [3.8, 4) is 0 Å². The maximum Gasteiger partial charge on any atom is 0.129 e. The van der Waals surface area contributed by atoms with E-state index in [0.29, 0.717) is 11.2 Å². The van der Waals surface area contributed by atoms with Gasteiger partial charge < -0.3 is 5.32 Å². The third-order valence-electron chi connectivity index (χ3n) is 4.00. The first-order valence-electron chi connectivity index (χ1n) is 7.21. The average molecular weight is 287 g/mol. The van der Waals surface area contributed by atoms with Crippen molar-refractivity contribution in [1.29, 1.82) is 0 Å². The smallest absolute Gasteiger partial charge is 0.129 e. The summed E-state index contributed by atoms with van der Waals surface area (Å²) in [6.45, 7) is 2.00. The van der Waals surface area contributed by atoms with Crippen molar-refractivity contribution >= 4 is 17.3 Å². The SMILES string of the molecule is Cc1nc(Cl)ccc1NC1CCCCc2ccccc21. The molecule has 1 aromatic heterocycles. The van der Waals surface area contributed by atoms with Crippen molar-refractivity contribution in [1.82, 2.24) is 4.98 Å². The summed E-state index contributed by atoms with van der Waals surface area (Å²) in [5.74, 6) is 0. The Morgan fingerprint density at radius 1 is 1.15 bits per heavy atom. The number of halogens is 1. The topological polar surface area (TPSA) is 24.9 Å². The minimum Gasteiger partial charge on any atom is -0.377 e. The van der Waals surface area contributed by atoms with E-state index < -0.39 is 0 Å². The molecule has 1 unspecified atom stereocenters. The highest BCUT2D eigenvalue weighted by Gasteiger charge is 2.18. The Kier molecular flexibility index (Phi) is 3.93. The van der Waals surface area contributed by atoms with Gasteiger partial charge in [0.25, 0.3) is 0 Å². The van der Waals surface area contributed by atoms with Gasteiger partial charge in [0.2, 0.25) is 0 Å². The number of nitrogens with one attached hydrogen (secondary N) is 1. The Labute approximate surface area is 125 Å². The molecule has 1 N–H and O–H groups in total. The number of hydrogen-bond donors (Lipinski definition) is 1. The summed E-state index contributed by atoms with van der Waals surface area (Å²) in [7, 11) is 0. The summed E-state index contributed by atoms with van der Waals surface area (Å²) in [6.07, 6.45) is 4.88. The van der Waals surface area contributed by atoms with Crippen LogP contribution in [0.2, 0.25) is 5.15 Å². The highest BCUT2D eigenvalue weighted by molar-refractivity contribution is 6.29. The van der Waals surface area contributed by atoms with Gasteiger partial charge in [0.15, 0.2) is 0 Å². The Hall–Kier alpha value is -1.54. The zero-order valence-corrected chi connectivity index (χ0v) is 12.5. The molecule has 1 aromatic carbocycles. The second kappa shape index (κ2) is 5.84. The lowest BCUT2D eigenvalue weighted by Gasteiger charge is -2.21. The van der Waals surface area contributed by atoms with E-state index in [2.05, 4.69) is 34.6 Å². The van der Waals surface area contributed by atoms with Gasteiger partial charge in [-0.25, -0.2) is 4.98 Å². The molecule has 0 aliphatic heterocycles. The first kappa shape index (κ1) is 13.4. The fourth-order valence-electron chi connectivity index (χ4n) is 2.94. The summed E-state index contributed by atoms with van der Waals surface area (Å²) in [5, 5.41) is 4.20. The summed E-state index contributed by atoms with van der Waals surface area (Å²) in [6, 6.07) is 13.0. The largest absolute Gasteiger partial charge is 0.377 e. The van der Waals surface area contributed by atoms with Gasteiger partial charge in [-0.3, -0.25) is 0 Å². The zero-order chi connectivity index (χ0) is 13.9. The van der Waals surface area contributed by atoms with Crippen LogP contribution in [0, 0.1) is 6.92 Å².